The second-order valence-electron chi connectivity index (χ2n) is 4.04. The number of nitriles is 1. The summed E-state index contributed by atoms with van der Waals surface area (Å²) in [4.78, 5) is 24.6. The minimum absolute atomic E-state index is 0.0696. The molecule has 17 heavy (non-hydrogen) atoms. The molecule has 1 atom stereocenters. The first kappa shape index (κ1) is 13.2. The molecule has 1 unspecified atom stereocenters. The fourth-order valence-corrected chi connectivity index (χ4v) is 1.46. The maximum Gasteiger partial charge on any atom is 0.328 e. The van der Waals surface area contributed by atoms with Gasteiger partial charge in [0.05, 0.1) is 0 Å². The Hall–Kier alpha value is -1.87. The molecule has 2 N–H and O–H groups in total. The van der Waals surface area contributed by atoms with Gasteiger partial charge in [0.2, 0.25) is 0 Å². The van der Waals surface area contributed by atoms with Gasteiger partial charge in [0.25, 0.3) is 5.56 Å². The third-order valence-electron chi connectivity index (χ3n) is 2.54. The molecular weight excluding hydrogens is 222 g/mol. The van der Waals surface area contributed by atoms with E-state index in [1.54, 1.807) is 6.07 Å². The van der Waals surface area contributed by atoms with E-state index >= 15 is 0 Å². The summed E-state index contributed by atoms with van der Waals surface area (Å²) in [5.74, 6) is 0.184. The van der Waals surface area contributed by atoms with Crippen molar-refractivity contribution in [2.24, 2.45) is 5.92 Å². The van der Waals surface area contributed by atoms with Crippen molar-refractivity contribution in [3.05, 3.63) is 32.6 Å². The fraction of sp³-hybridized carbons (Fsp3) is 0.545. The van der Waals surface area contributed by atoms with Gasteiger partial charge in [-0.2, -0.15) is 5.26 Å². The highest BCUT2D eigenvalue weighted by Crippen LogP contribution is 2.04. The van der Waals surface area contributed by atoms with Crippen LogP contribution in [0.1, 0.15) is 25.3 Å². The fourth-order valence-electron chi connectivity index (χ4n) is 1.46. The summed E-state index contributed by atoms with van der Waals surface area (Å²) in [6.07, 6.45) is 2.76. The van der Waals surface area contributed by atoms with Gasteiger partial charge in [0.15, 0.2) is 0 Å². The zero-order valence-electron chi connectivity index (χ0n) is 9.64. The molecule has 1 heterocycles. The minimum Gasteiger partial charge on any atom is -0.396 e. The predicted octanol–water partition coefficient (Wildman–Crippen LogP) is -0.183. The Labute approximate surface area is 98.1 Å². The number of aliphatic hydroxyl groups is 1. The van der Waals surface area contributed by atoms with E-state index in [1.165, 1.54) is 10.8 Å². The van der Waals surface area contributed by atoms with Crippen LogP contribution in [0.4, 0.5) is 0 Å². The van der Waals surface area contributed by atoms with Crippen LogP contribution >= 0.6 is 0 Å². The van der Waals surface area contributed by atoms with E-state index in [1.807, 2.05) is 6.92 Å². The molecule has 0 radical (unpaired) electrons. The Bertz CT molecular complexity index is 524. The Balaban J connectivity index is 2.76. The van der Waals surface area contributed by atoms with Crippen LogP contribution in [0.2, 0.25) is 0 Å². The largest absolute Gasteiger partial charge is 0.396 e. The Morgan fingerprint density at radius 3 is 2.88 bits per heavy atom. The average molecular weight is 237 g/mol. The maximum atomic E-state index is 11.4. The average Bonchev–Trinajstić information content (AvgIpc) is 2.31. The van der Waals surface area contributed by atoms with E-state index in [0.717, 1.165) is 6.42 Å². The molecule has 0 saturated heterocycles. The van der Waals surface area contributed by atoms with Crippen molar-refractivity contribution in [1.82, 2.24) is 9.55 Å². The van der Waals surface area contributed by atoms with E-state index in [-0.39, 0.29) is 18.1 Å². The van der Waals surface area contributed by atoms with E-state index in [4.69, 9.17) is 10.4 Å². The number of hydrogen-bond donors (Lipinski definition) is 2. The summed E-state index contributed by atoms with van der Waals surface area (Å²) in [6, 6.07) is 1.73. The summed E-state index contributed by atoms with van der Waals surface area (Å²) in [5.41, 5.74) is -1.23. The molecule has 0 aliphatic carbocycles. The highest BCUT2D eigenvalue weighted by Gasteiger charge is 2.05. The van der Waals surface area contributed by atoms with Crippen molar-refractivity contribution in [3.63, 3.8) is 0 Å². The number of hydrogen-bond acceptors (Lipinski definition) is 4. The standard InChI is InChI=1S/C11H15N3O3/c1-8(7-15)3-2-4-14-6-9(5-12)10(16)13-11(14)17/h6,8,15H,2-4,7H2,1H3,(H,13,16,17). The highest BCUT2D eigenvalue weighted by molar-refractivity contribution is 5.21. The summed E-state index contributed by atoms with van der Waals surface area (Å²) in [7, 11) is 0. The van der Waals surface area contributed by atoms with Crippen molar-refractivity contribution in [2.45, 2.75) is 26.3 Å². The van der Waals surface area contributed by atoms with Gasteiger partial charge in [0.1, 0.15) is 11.6 Å². The summed E-state index contributed by atoms with van der Waals surface area (Å²) >= 11 is 0. The molecule has 92 valence electrons. The summed E-state index contributed by atoms with van der Waals surface area (Å²) in [6.45, 7) is 2.45. The van der Waals surface area contributed by atoms with Crippen LogP contribution in [0.25, 0.3) is 0 Å². The monoisotopic (exact) mass is 237 g/mol. The summed E-state index contributed by atoms with van der Waals surface area (Å²) in [5, 5.41) is 17.5. The Kier molecular flexibility index (Phi) is 4.67. The third kappa shape index (κ3) is 3.57. The molecule has 0 aromatic carbocycles. The number of nitrogens with zero attached hydrogens (tertiary/aromatic N) is 2. The van der Waals surface area contributed by atoms with Crippen molar-refractivity contribution in [2.75, 3.05) is 6.61 Å². The van der Waals surface area contributed by atoms with Gasteiger partial charge in [0, 0.05) is 19.3 Å². The van der Waals surface area contributed by atoms with E-state index in [9.17, 15) is 9.59 Å². The zero-order valence-corrected chi connectivity index (χ0v) is 9.64. The number of rotatable bonds is 5. The number of H-pyrrole nitrogens is 1. The van der Waals surface area contributed by atoms with Crippen LogP contribution in [-0.4, -0.2) is 21.3 Å². The molecule has 6 nitrogen and oxygen atoms in total. The topological polar surface area (TPSA) is 98.9 Å². The smallest absolute Gasteiger partial charge is 0.328 e. The van der Waals surface area contributed by atoms with E-state index < -0.39 is 11.2 Å². The minimum atomic E-state index is -0.655. The van der Waals surface area contributed by atoms with E-state index in [2.05, 4.69) is 4.98 Å². The molecule has 0 spiro atoms. The van der Waals surface area contributed by atoms with Gasteiger partial charge < -0.3 is 5.11 Å². The molecule has 0 fully saturated rings. The van der Waals surface area contributed by atoms with Crippen LogP contribution in [-0.2, 0) is 6.54 Å². The van der Waals surface area contributed by atoms with Crippen molar-refractivity contribution >= 4 is 0 Å². The lowest BCUT2D eigenvalue weighted by molar-refractivity contribution is 0.226. The normalized spacial score (nSPS) is 12.1. The Morgan fingerprint density at radius 1 is 1.59 bits per heavy atom. The second-order valence-corrected chi connectivity index (χ2v) is 4.04. The van der Waals surface area contributed by atoms with Crippen molar-refractivity contribution in [3.8, 4) is 6.07 Å². The molecule has 1 rings (SSSR count). The zero-order chi connectivity index (χ0) is 12.8. The van der Waals surface area contributed by atoms with Gasteiger partial charge in [-0.3, -0.25) is 14.3 Å². The van der Waals surface area contributed by atoms with Gasteiger partial charge in [-0.1, -0.05) is 6.92 Å². The van der Waals surface area contributed by atoms with Crippen molar-refractivity contribution in [1.29, 1.82) is 5.26 Å². The number of aryl methyl sites for hydroxylation is 1. The van der Waals surface area contributed by atoms with Gasteiger partial charge in [-0.15, -0.1) is 0 Å². The van der Waals surface area contributed by atoms with Gasteiger partial charge >= 0.3 is 5.69 Å². The number of aromatic nitrogens is 2. The predicted molar refractivity (Wildman–Crippen MR) is 61.5 cm³/mol. The number of aliphatic hydroxyl groups excluding tert-OH is 1. The van der Waals surface area contributed by atoms with Crippen LogP contribution in [0.3, 0.4) is 0 Å². The third-order valence-corrected chi connectivity index (χ3v) is 2.54. The molecule has 1 aromatic rings. The molecule has 0 amide bonds. The van der Waals surface area contributed by atoms with Crippen LogP contribution in [0.15, 0.2) is 15.8 Å². The molecular formula is C11H15N3O3. The molecule has 0 bridgehead atoms. The van der Waals surface area contributed by atoms with Gasteiger partial charge in [-0.05, 0) is 18.8 Å². The highest BCUT2D eigenvalue weighted by atomic mass is 16.3. The molecule has 0 saturated carbocycles. The Morgan fingerprint density at radius 2 is 2.29 bits per heavy atom. The molecule has 6 heteroatoms. The maximum absolute atomic E-state index is 11.4. The number of nitrogens with one attached hydrogen (secondary N) is 1. The van der Waals surface area contributed by atoms with Crippen molar-refractivity contribution < 1.29 is 5.11 Å². The molecule has 1 aromatic heterocycles. The SMILES string of the molecule is CC(CO)CCCn1cc(C#N)c(=O)[nH]c1=O. The summed E-state index contributed by atoms with van der Waals surface area (Å²) < 4.78 is 1.31. The second kappa shape index (κ2) is 6.01. The van der Waals surface area contributed by atoms with Gasteiger partial charge in [-0.25, -0.2) is 4.79 Å². The van der Waals surface area contributed by atoms with Crippen LogP contribution in [0.5, 0.6) is 0 Å². The van der Waals surface area contributed by atoms with Crippen LogP contribution in [0, 0.1) is 17.2 Å². The molecule has 0 aliphatic rings. The first-order chi connectivity index (χ1) is 8.08. The molecule has 0 aliphatic heterocycles. The number of aromatic amines is 1. The lowest BCUT2D eigenvalue weighted by Gasteiger charge is -2.08. The van der Waals surface area contributed by atoms with E-state index in [0.29, 0.717) is 13.0 Å². The first-order valence-electron chi connectivity index (χ1n) is 5.43. The quantitative estimate of drug-likeness (QED) is 0.741. The first-order valence-corrected chi connectivity index (χ1v) is 5.43. The van der Waals surface area contributed by atoms with Crippen LogP contribution < -0.4 is 11.2 Å². The lowest BCUT2D eigenvalue weighted by Crippen LogP contribution is -2.31. The lowest BCUT2D eigenvalue weighted by atomic mass is 10.1.